The Morgan fingerprint density at radius 1 is 1.10 bits per heavy atom. The Hall–Kier alpha value is -3.71. The van der Waals surface area contributed by atoms with E-state index in [1.54, 1.807) is 15.3 Å². The predicted molar refractivity (Wildman–Crippen MR) is 183 cm³/mol. The van der Waals surface area contributed by atoms with Crippen LogP contribution in [-0.2, 0) is 14.8 Å². The molecular formula is C35H38ClF4N5O5S. The fourth-order valence-corrected chi connectivity index (χ4v) is 10.8. The predicted octanol–water partition coefficient (Wildman–Crippen LogP) is 5.73. The van der Waals surface area contributed by atoms with Gasteiger partial charge < -0.3 is 20.3 Å². The normalized spacial score (nSPS) is 23.9. The zero-order chi connectivity index (χ0) is 36.8. The quantitative estimate of drug-likeness (QED) is 0.242. The molecule has 3 fully saturated rings. The molecule has 2 atom stereocenters. The van der Waals surface area contributed by atoms with Gasteiger partial charge in [0.2, 0.25) is 15.9 Å². The number of nitrogens with zero attached hydrogens (tertiary/aromatic N) is 4. The molecule has 2 N–H and O–H groups in total. The van der Waals surface area contributed by atoms with Crippen LogP contribution in [-0.4, -0.2) is 86.2 Å². The van der Waals surface area contributed by atoms with Crippen molar-refractivity contribution in [2.24, 2.45) is 11.7 Å². The van der Waals surface area contributed by atoms with Crippen molar-refractivity contribution in [1.82, 2.24) is 9.21 Å². The van der Waals surface area contributed by atoms with Crippen molar-refractivity contribution in [1.29, 1.82) is 5.26 Å². The maximum absolute atomic E-state index is 14.7. The second-order valence-electron chi connectivity index (χ2n) is 13.8. The van der Waals surface area contributed by atoms with Crippen LogP contribution < -0.4 is 15.4 Å². The summed E-state index contributed by atoms with van der Waals surface area (Å²) in [5, 5.41) is 9.32. The Bertz CT molecular complexity index is 1890. The minimum Gasteiger partial charge on any atom is -0.496 e. The van der Waals surface area contributed by atoms with Gasteiger partial charge in [-0.1, -0.05) is 11.6 Å². The number of amides is 2. The third kappa shape index (κ3) is 7.60. The van der Waals surface area contributed by atoms with Crippen molar-refractivity contribution in [3.05, 3.63) is 57.4 Å². The Morgan fingerprint density at radius 2 is 1.76 bits per heavy atom. The number of likely N-dealkylation sites (tertiary alicyclic amines) is 1. The molecule has 3 saturated heterocycles. The van der Waals surface area contributed by atoms with Gasteiger partial charge in [0, 0.05) is 47.3 Å². The third-order valence-corrected chi connectivity index (χ3v) is 12.9. The molecule has 2 bridgehead atoms. The molecule has 4 aliphatic heterocycles. The van der Waals surface area contributed by atoms with E-state index in [1.807, 2.05) is 4.90 Å². The minimum atomic E-state index is -4.19. The molecule has 2 aromatic carbocycles. The van der Waals surface area contributed by atoms with Gasteiger partial charge in [-0.05, 0) is 94.8 Å². The van der Waals surface area contributed by atoms with Crippen LogP contribution in [0.3, 0.4) is 0 Å². The van der Waals surface area contributed by atoms with E-state index in [-0.39, 0.29) is 63.2 Å². The molecule has 4 aliphatic rings. The average molecular weight is 752 g/mol. The number of nitriles is 1. The summed E-state index contributed by atoms with van der Waals surface area (Å²) in [6.45, 7) is 1.44. The molecule has 0 spiro atoms. The number of piperidine rings is 2. The molecule has 4 heterocycles. The van der Waals surface area contributed by atoms with E-state index in [0.29, 0.717) is 69.4 Å². The summed E-state index contributed by atoms with van der Waals surface area (Å²) in [4.78, 5) is 30.1. The zero-order valence-electron chi connectivity index (χ0n) is 27.9. The highest BCUT2D eigenvalue weighted by atomic mass is 35.5. The molecule has 0 saturated carbocycles. The second-order valence-corrected chi connectivity index (χ2v) is 16.1. The summed E-state index contributed by atoms with van der Waals surface area (Å²) in [5.74, 6) is -2.04. The monoisotopic (exact) mass is 751 g/mol. The topological polar surface area (TPSA) is 137 Å². The highest BCUT2D eigenvalue weighted by molar-refractivity contribution is 7.89. The lowest BCUT2D eigenvalue weighted by molar-refractivity contribution is -0.136. The van der Waals surface area contributed by atoms with E-state index < -0.39 is 46.3 Å². The van der Waals surface area contributed by atoms with Crippen molar-refractivity contribution >= 4 is 50.8 Å². The van der Waals surface area contributed by atoms with Gasteiger partial charge in [-0.15, -0.1) is 0 Å². The fraction of sp³-hybridized carbons (Fsp3) is 0.514. The molecule has 0 radical (unpaired) electrons. The minimum absolute atomic E-state index is 0.0120. The number of hydrogen-bond acceptors (Lipinski definition) is 7. The largest absolute Gasteiger partial charge is 0.496 e. The van der Waals surface area contributed by atoms with Gasteiger partial charge >= 0.3 is 6.18 Å². The van der Waals surface area contributed by atoms with E-state index in [9.17, 15) is 40.8 Å². The molecule has 2 unspecified atom stereocenters. The van der Waals surface area contributed by atoms with Crippen LogP contribution in [0, 0.1) is 23.1 Å². The van der Waals surface area contributed by atoms with Crippen LogP contribution in [0.5, 0.6) is 5.75 Å². The van der Waals surface area contributed by atoms with Gasteiger partial charge in [0.15, 0.2) is 0 Å². The molecule has 274 valence electrons. The molecule has 0 aliphatic carbocycles. The molecule has 2 amide bonds. The standard InChI is InChI=1S/C35H38ClF4N5O5S/c1-50-32-13-22(18-41)30(37)12-21(32)11-27-26-16-28(33(42)46)29(36)17-31(26)44(34(27)47)25-14-23-3-4-24(15-25)45(23)51(48,49)19-20-5-9-43(10-6-20)8-2-7-35(38,39)40/h11-13,16-17,20,23-25H,2-10,14-15,19H2,1H3,(H2,42,46)/b27-11-. The molecule has 2 aromatic rings. The number of nitrogens with two attached hydrogens (primary N) is 1. The van der Waals surface area contributed by atoms with E-state index in [4.69, 9.17) is 22.1 Å². The number of methoxy groups -OCH3 is 1. The van der Waals surface area contributed by atoms with E-state index >= 15 is 0 Å². The van der Waals surface area contributed by atoms with Gasteiger partial charge in [-0.2, -0.15) is 22.7 Å². The lowest BCUT2D eigenvalue weighted by Gasteiger charge is -2.42. The Kier molecular flexibility index (Phi) is 10.4. The number of anilines is 1. The van der Waals surface area contributed by atoms with Gasteiger partial charge in [-0.3, -0.25) is 9.59 Å². The van der Waals surface area contributed by atoms with E-state index in [0.717, 1.165) is 6.07 Å². The molecule has 10 nitrogen and oxygen atoms in total. The number of carbonyl (C=O) groups excluding carboxylic acids is 2. The van der Waals surface area contributed by atoms with Crippen molar-refractivity contribution < 1.29 is 40.3 Å². The molecule has 51 heavy (non-hydrogen) atoms. The smallest absolute Gasteiger partial charge is 0.389 e. The van der Waals surface area contributed by atoms with Gasteiger partial charge in [-0.25, -0.2) is 12.8 Å². The Balaban J connectivity index is 1.22. The van der Waals surface area contributed by atoms with Gasteiger partial charge in [0.1, 0.15) is 17.6 Å². The first-order chi connectivity index (χ1) is 24.1. The van der Waals surface area contributed by atoms with Crippen LogP contribution in [0.15, 0.2) is 24.3 Å². The first-order valence-corrected chi connectivity index (χ1v) is 18.9. The number of carbonyl (C=O) groups is 2. The SMILES string of the molecule is COc1cc(C#N)c(F)cc1/C=C1\C(=O)N(C2CC3CCC(C2)N3S(=O)(=O)CC2CCN(CCCC(F)(F)F)CC2)c2cc(Cl)c(C(N)=O)cc21. The second kappa shape index (κ2) is 14.4. The molecule has 16 heteroatoms. The number of hydrogen-bond donors (Lipinski definition) is 1. The number of ether oxygens (including phenoxy) is 1. The first kappa shape index (κ1) is 37.1. The maximum atomic E-state index is 14.7. The Morgan fingerprint density at radius 3 is 2.35 bits per heavy atom. The number of halogens is 5. The lowest BCUT2D eigenvalue weighted by Crippen LogP contribution is -2.54. The van der Waals surface area contributed by atoms with Gasteiger partial charge in [0.25, 0.3) is 5.91 Å². The van der Waals surface area contributed by atoms with Gasteiger partial charge in [0.05, 0.1) is 34.7 Å². The lowest BCUT2D eigenvalue weighted by atomic mass is 9.97. The number of fused-ring (bicyclic) bond motifs is 3. The highest BCUT2D eigenvalue weighted by Gasteiger charge is 2.51. The zero-order valence-corrected chi connectivity index (χ0v) is 29.5. The number of benzene rings is 2. The molecule has 6 rings (SSSR count). The van der Waals surface area contributed by atoms with Crippen LogP contribution in [0.1, 0.15) is 78.4 Å². The summed E-state index contributed by atoms with van der Waals surface area (Å²) >= 11 is 6.47. The van der Waals surface area contributed by atoms with E-state index in [1.165, 1.54) is 31.4 Å². The summed E-state index contributed by atoms with van der Waals surface area (Å²) in [6, 6.07) is 5.88. The highest BCUT2D eigenvalue weighted by Crippen LogP contribution is 2.48. The summed E-state index contributed by atoms with van der Waals surface area (Å²) < 4.78 is 87.2. The van der Waals surface area contributed by atoms with E-state index in [2.05, 4.69) is 0 Å². The fourth-order valence-electron chi connectivity index (χ4n) is 8.16. The van der Waals surface area contributed by atoms with Crippen molar-refractivity contribution in [3.63, 3.8) is 0 Å². The van der Waals surface area contributed by atoms with Crippen molar-refractivity contribution in [2.75, 3.05) is 37.4 Å². The molecular weight excluding hydrogens is 714 g/mol. The van der Waals surface area contributed by atoms with Crippen molar-refractivity contribution in [3.8, 4) is 11.8 Å². The van der Waals surface area contributed by atoms with Crippen LogP contribution >= 0.6 is 11.6 Å². The summed E-state index contributed by atoms with van der Waals surface area (Å²) in [6.07, 6.45) is -0.430. The van der Waals surface area contributed by atoms with Crippen molar-refractivity contribution in [2.45, 2.75) is 75.7 Å². The molecule has 0 aromatic heterocycles. The van der Waals surface area contributed by atoms with Crippen LogP contribution in [0.4, 0.5) is 23.2 Å². The number of alkyl halides is 3. The first-order valence-electron chi connectivity index (χ1n) is 16.9. The average Bonchev–Trinajstić information content (AvgIpc) is 3.49. The van der Waals surface area contributed by atoms with Crippen LogP contribution in [0.2, 0.25) is 5.02 Å². The number of primary amides is 1. The summed E-state index contributed by atoms with van der Waals surface area (Å²) in [5.41, 5.74) is 6.40. The number of sulfonamides is 1. The van der Waals surface area contributed by atoms with Crippen LogP contribution in [0.25, 0.3) is 11.6 Å². The Labute approximate surface area is 298 Å². The number of rotatable bonds is 10. The maximum Gasteiger partial charge on any atom is 0.389 e. The third-order valence-electron chi connectivity index (χ3n) is 10.5. The summed E-state index contributed by atoms with van der Waals surface area (Å²) in [7, 11) is -2.33.